The molecule has 0 aliphatic rings. The van der Waals surface area contributed by atoms with E-state index in [1.165, 1.54) is 11.1 Å². The summed E-state index contributed by atoms with van der Waals surface area (Å²) in [4.78, 5) is 8.15. The molecule has 2 rings (SSSR count). The van der Waals surface area contributed by atoms with E-state index in [1.807, 2.05) is 30.7 Å². The van der Waals surface area contributed by atoms with Crippen molar-refractivity contribution >= 4 is 15.9 Å². The molecule has 0 radical (unpaired) electrons. The Hall–Kier alpha value is -1.26. The topological polar surface area (TPSA) is 37.8 Å². The van der Waals surface area contributed by atoms with Gasteiger partial charge in [0.15, 0.2) is 0 Å². The predicted molar refractivity (Wildman–Crippen MR) is 71.4 cm³/mol. The molecular formula is C13H14BrN3. The van der Waals surface area contributed by atoms with Crippen molar-refractivity contribution in [3.8, 4) is 0 Å². The summed E-state index contributed by atoms with van der Waals surface area (Å²) in [6.45, 7) is 2.94. The molecule has 0 unspecified atom stereocenters. The van der Waals surface area contributed by atoms with E-state index in [4.69, 9.17) is 0 Å². The van der Waals surface area contributed by atoms with E-state index >= 15 is 0 Å². The molecule has 0 spiro atoms. The molecule has 0 aromatic carbocycles. The summed E-state index contributed by atoms with van der Waals surface area (Å²) in [6, 6.07) is 6.42. The monoisotopic (exact) mass is 291 g/mol. The molecule has 0 fully saturated rings. The molecule has 0 saturated carbocycles. The summed E-state index contributed by atoms with van der Waals surface area (Å²) in [7, 11) is 0. The lowest BCUT2D eigenvalue weighted by Gasteiger charge is -2.13. The lowest BCUT2D eigenvalue weighted by atomic mass is 10.1. The fourth-order valence-corrected chi connectivity index (χ4v) is 2.01. The quantitative estimate of drug-likeness (QED) is 0.941. The summed E-state index contributed by atoms with van der Waals surface area (Å²) < 4.78 is 1.01. The van der Waals surface area contributed by atoms with E-state index in [-0.39, 0.29) is 0 Å². The lowest BCUT2D eigenvalue weighted by Crippen LogP contribution is -2.18. The Morgan fingerprint density at radius 3 is 2.71 bits per heavy atom. The van der Waals surface area contributed by atoms with Crippen LogP contribution in [0.4, 0.5) is 0 Å². The largest absolute Gasteiger partial charge is 0.306 e. The maximum Gasteiger partial charge on any atom is 0.0410 e. The van der Waals surface area contributed by atoms with Crippen molar-refractivity contribution in [2.45, 2.75) is 19.5 Å². The van der Waals surface area contributed by atoms with Gasteiger partial charge in [-0.25, -0.2) is 0 Å². The Bertz CT molecular complexity index is 473. The first-order valence-electron chi connectivity index (χ1n) is 5.48. The van der Waals surface area contributed by atoms with Crippen LogP contribution in [0.5, 0.6) is 0 Å². The van der Waals surface area contributed by atoms with Gasteiger partial charge >= 0.3 is 0 Å². The second-order valence-electron chi connectivity index (χ2n) is 3.89. The Balaban J connectivity index is 1.95. The minimum Gasteiger partial charge on any atom is -0.306 e. The predicted octanol–water partition coefficient (Wildman–Crippen LogP) is 3.09. The second kappa shape index (κ2) is 5.89. The first-order chi connectivity index (χ1) is 8.25. The molecule has 3 nitrogen and oxygen atoms in total. The normalized spacial score (nSPS) is 12.4. The van der Waals surface area contributed by atoms with Gasteiger partial charge in [0.25, 0.3) is 0 Å². The third-order valence-corrected chi connectivity index (χ3v) is 3.01. The van der Waals surface area contributed by atoms with Crippen LogP contribution in [0.1, 0.15) is 24.1 Å². The van der Waals surface area contributed by atoms with Crippen molar-refractivity contribution in [2.75, 3.05) is 0 Å². The summed E-state index contributed by atoms with van der Waals surface area (Å²) >= 11 is 3.42. The van der Waals surface area contributed by atoms with E-state index in [0.717, 1.165) is 11.0 Å². The molecule has 0 aliphatic heterocycles. The molecule has 4 heteroatoms. The minimum absolute atomic E-state index is 0.303. The van der Waals surface area contributed by atoms with Crippen LogP contribution in [-0.4, -0.2) is 9.97 Å². The van der Waals surface area contributed by atoms with Gasteiger partial charge in [-0.15, -0.1) is 0 Å². The molecule has 0 amide bonds. The SMILES string of the molecule is C[C@@H](NCc1cncc(Br)c1)c1ccncc1. The number of rotatable bonds is 4. The molecule has 2 aromatic rings. The zero-order chi connectivity index (χ0) is 12.1. The highest BCUT2D eigenvalue weighted by Crippen LogP contribution is 2.13. The first-order valence-corrected chi connectivity index (χ1v) is 6.28. The van der Waals surface area contributed by atoms with Crippen LogP contribution < -0.4 is 5.32 Å². The van der Waals surface area contributed by atoms with Crippen LogP contribution in [-0.2, 0) is 6.54 Å². The average molecular weight is 292 g/mol. The van der Waals surface area contributed by atoms with Crippen molar-refractivity contribution in [1.82, 2.24) is 15.3 Å². The van der Waals surface area contributed by atoms with Gasteiger partial charge in [0, 0.05) is 41.8 Å². The third kappa shape index (κ3) is 3.61. The molecular weight excluding hydrogens is 278 g/mol. The Morgan fingerprint density at radius 2 is 2.00 bits per heavy atom. The molecule has 1 atom stereocenters. The molecule has 17 heavy (non-hydrogen) atoms. The fourth-order valence-electron chi connectivity index (χ4n) is 1.59. The number of hydrogen-bond acceptors (Lipinski definition) is 3. The maximum atomic E-state index is 4.14. The van der Waals surface area contributed by atoms with E-state index in [0.29, 0.717) is 6.04 Å². The van der Waals surface area contributed by atoms with Crippen LogP contribution in [0.2, 0.25) is 0 Å². The molecule has 0 bridgehead atoms. The van der Waals surface area contributed by atoms with Crippen LogP contribution in [0, 0.1) is 0 Å². The number of pyridine rings is 2. The van der Waals surface area contributed by atoms with Gasteiger partial charge in [-0.3, -0.25) is 9.97 Å². The van der Waals surface area contributed by atoms with Crippen molar-refractivity contribution in [3.05, 3.63) is 58.6 Å². The third-order valence-electron chi connectivity index (χ3n) is 2.58. The summed E-state index contributed by atoms with van der Waals surface area (Å²) in [5, 5.41) is 3.45. The van der Waals surface area contributed by atoms with Gasteiger partial charge < -0.3 is 5.32 Å². The van der Waals surface area contributed by atoms with Crippen molar-refractivity contribution in [1.29, 1.82) is 0 Å². The minimum atomic E-state index is 0.303. The first kappa shape index (κ1) is 12.2. The molecule has 0 aliphatic carbocycles. The second-order valence-corrected chi connectivity index (χ2v) is 4.81. The van der Waals surface area contributed by atoms with Crippen molar-refractivity contribution in [2.24, 2.45) is 0 Å². The number of nitrogens with zero attached hydrogens (tertiary/aromatic N) is 2. The number of aromatic nitrogens is 2. The zero-order valence-corrected chi connectivity index (χ0v) is 11.2. The number of hydrogen-bond donors (Lipinski definition) is 1. The van der Waals surface area contributed by atoms with E-state index in [1.54, 1.807) is 6.20 Å². The van der Waals surface area contributed by atoms with Crippen LogP contribution in [0.15, 0.2) is 47.5 Å². The van der Waals surface area contributed by atoms with Crippen LogP contribution in [0.25, 0.3) is 0 Å². The Morgan fingerprint density at radius 1 is 1.24 bits per heavy atom. The van der Waals surface area contributed by atoms with E-state index in [2.05, 4.69) is 44.2 Å². The van der Waals surface area contributed by atoms with Gasteiger partial charge in [0.1, 0.15) is 0 Å². The average Bonchev–Trinajstić information content (AvgIpc) is 2.37. The molecule has 2 aromatic heterocycles. The van der Waals surface area contributed by atoms with Gasteiger partial charge in [0.2, 0.25) is 0 Å². The van der Waals surface area contributed by atoms with Gasteiger partial charge in [-0.2, -0.15) is 0 Å². The maximum absolute atomic E-state index is 4.14. The Kier molecular flexibility index (Phi) is 4.23. The van der Waals surface area contributed by atoms with Crippen LogP contribution in [0.3, 0.4) is 0 Å². The lowest BCUT2D eigenvalue weighted by molar-refractivity contribution is 0.573. The van der Waals surface area contributed by atoms with E-state index in [9.17, 15) is 0 Å². The summed E-state index contributed by atoms with van der Waals surface area (Å²) in [5.41, 5.74) is 2.41. The smallest absolute Gasteiger partial charge is 0.0410 e. The highest BCUT2D eigenvalue weighted by Gasteiger charge is 2.04. The Labute approximate surface area is 109 Å². The molecule has 1 N–H and O–H groups in total. The fraction of sp³-hybridized carbons (Fsp3) is 0.231. The molecule has 2 heterocycles. The van der Waals surface area contributed by atoms with E-state index < -0.39 is 0 Å². The number of nitrogens with one attached hydrogen (secondary N) is 1. The highest BCUT2D eigenvalue weighted by atomic mass is 79.9. The van der Waals surface area contributed by atoms with Gasteiger partial charge in [0.05, 0.1) is 0 Å². The highest BCUT2D eigenvalue weighted by molar-refractivity contribution is 9.10. The standard InChI is InChI=1S/C13H14BrN3/c1-10(12-2-4-15-5-3-12)17-8-11-6-13(14)9-16-7-11/h2-7,9-10,17H,8H2,1H3/t10-/m1/s1. The van der Waals surface area contributed by atoms with Crippen molar-refractivity contribution in [3.63, 3.8) is 0 Å². The molecule has 0 saturated heterocycles. The zero-order valence-electron chi connectivity index (χ0n) is 9.60. The van der Waals surface area contributed by atoms with Crippen LogP contribution >= 0.6 is 15.9 Å². The molecule has 88 valence electrons. The summed E-state index contributed by atoms with van der Waals surface area (Å²) in [5.74, 6) is 0. The summed E-state index contributed by atoms with van der Waals surface area (Å²) in [6.07, 6.45) is 7.29. The van der Waals surface area contributed by atoms with Gasteiger partial charge in [-0.05, 0) is 52.2 Å². The van der Waals surface area contributed by atoms with Gasteiger partial charge in [-0.1, -0.05) is 0 Å². The number of halogens is 1. The van der Waals surface area contributed by atoms with Crippen molar-refractivity contribution < 1.29 is 0 Å².